The third-order valence-corrected chi connectivity index (χ3v) is 5.78. The predicted molar refractivity (Wildman–Crippen MR) is 103 cm³/mol. The van der Waals surface area contributed by atoms with Gasteiger partial charge < -0.3 is 15.3 Å². The maximum Gasteiger partial charge on any atom is 0.407 e. The van der Waals surface area contributed by atoms with Crippen LogP contribution in [0.1, 0.15) is 33.8 Å². The number of hydrogen-bond acceptors (Lipinski definition) is 4. The van der Waals surface area contributed by atoms with Gasteiger partial charge in [-0.25, -0.2) is 4.79 Å². The highest BCUT2D eigenvalue weighted by molar-refractivity contribution is 5.95. The first-order valence-electron chi connectivity index (χ1n) is 9.31. The van der Waals surface area contributed by atoms with Gasteiger partial charge in [-0.1, -0.05) is 12.1 Å². The molecule has 0 spiro atoms. The summed E-state index contributed by atoms with van der Waals surface area (Å²) in [6.07, 6.45) is 2.25. The fourth-order valence-corrected chi connectivity index (χ4v) is 4.32. The number of hydrogen-bond donors (Lipinski definition) is 2. The fourth-order valence-electron chi connectivity index (χ4n) is 4.32. The molecule has 1 aromatic heterocycles. The molecule has 144 valence electrons. The Morgan fingerprint density at radius 3 is 2.82 bits per heavy atom. The zero-order valence-corrected chi connectivity index (χ0v) is 15.5. The largest absolute Gasteiger partial charge is 0.465 e. The third-order valence-electron chi connectivity index (χ3n) is 5.78. The van der Waals surface area contributed by atoms with Gasteiger partial charge >= 0.3 is 6.09 Å². The average Bonchev–Trinajstić information content (AvgIpc) is 3.07. The summed E-state index contributed by atoms with van der Waals surface area (Å²) < 4.78 is 0. The van der Waals surface area contributed by atoms with Gasteiger partial charge in [0.25, 0.3) is 5.91 Å². The van der Waals surface area contributed by atoms with Gasteiger partial charge in [0.15, 0.2) is 5.43 Å². The van der Waals surface area contributed by atoms with Crippen molar-refractivity contribution in [3.63, 3.8) is 0 Å². The van der Waals surface area contributed by atoms with E-state index in [4.69, 9.17) is 0 Å². The van der Waals surface area contributed by atoms with Crippen molar-refractivity contribution in [2.24, 2.45) is 5.92 Å². The highest BCUT2D eigenvalue weighted by Gasteiger charge is 2.40. The standard InChI is InChI=1S/C21H21N3O4/c1-22-20(26)13-4-2-3-12(7-13)18-8-19(25)15-6-5-14-10-24(21(27)28)11-17(14)16(15)9-23-18/h2-4,7-9,14,17H,5-6,10-11H2,1H3,(H,22,26)(H,27,28). The van der Waals surface area contributed by atoms with Crippen LogP contribution in [0, 0.1) is 5.92 Å². The quantitative estimate of drug-likeness (QED) is 0.833. The molecule has 2 amide bonds. The number of benzene rings is 1. The van der Waals surface area contributed by atoms with Gasteiger partial charge in [0.2, 0.25) is 0 Å². The molecule has 1 aromatic carbocycles. The maximum atomic E-state index is 12.9. The van der Waals surface area contributed by atoms with E-state index in [-0.39, 0.29) is 23.2 Å². The van der Waals surface area contributed by atoms with E-state index >= 15 is 0 Å². The van der Waals surface area contributed by atoms with Crippen LogP contribution in [-0.4, -0.2) is 47.1 Å². The van der Waals surface area contributed by atoms with E-state index in [1.165, 1.54) is 11.0 Å². The van der Waals surface area contributed by atoms with Crippen molar-refractivity contribution in [1.82, 2.24) is 15.2 Å². The molecule has 2 heterocycles. The molecule has 1 fully saturated rings. The van der Waals surface area contributed by atoms with Crippen molar-refractivity contribution >= 4 is 12.0 Å². The second-order valence-corrected chi connectivity index (χ2v) is 7.34. The van der Waals surface area contributed by atoms with E-state index in [1.54, 1.807) is 31.4 Å². The van der Waals surface area contributed by atoms with Crippen LogP contribution < -0.4 is 10.7 Å². The maximum absolute atomic E-state index is 12.9. The molecule has 0 radical (unpaired) electrons. The molecule has 0 bridgehead atoms. The van der Waals surface area contributed by atoms with Gasteiger partial charge in [0.1, 0.15) is 0 Å². The molecule has 0 saturated carbocycles. The summed E-state index contributed by atoms with van der Waals surface area (Å²) in [4.78, 5) is 42.1. The molecule has 1 aliphatic carbocycles. The lowest BCUT2D eigenvalue weighted by Crippen LogP contribution is -2.26. The van der Waals surface area contributed by atoms with Gasteiger partial charge in [-0.3, -0.25) is 14.6 Å². The van der Waals surface area contributed by atoms with E-state index in [0.717, 1.165) is 17.5 Å². The Balaban J connectivity index is 1.76. The second-order valence-electron chi connectivity index (χ2n) is 7.34. The highest BCUT2D eigenvalue weighted by Crippen LogP contribution is 2.40. The Bertz CT molecular complexity index is 1020. The molecule has 1 aliphatic heterocycles. The minimum atomic E-state index is -0.918. The second kappa shape index (κ2) is 7.07. The number of amides is 2. The lowest BCUT2D eigenvalue weighted by molar-refractivity contribution is 0.0963. The Labute approximate surface area is 162 Å². The molecule has 2 N–H and O–H groups in total. The molecule has 2 atom stereocenters. The number of rotatable bonds is 2. The van der Waals surface area contributed by atoms with Crippen LogP contribution in [-0.2, 0) is 6.42 Å². The first-order chi connectivity index (χ1) is 13.5. The van der Waals surface area contributed by atoms with Gasteiger partial charge in [-0.15, -0.1) is 0 Å². The highest BCUT2D eigenvalue weighted by atomic mass is 16.4. The molecular formula is C21H21N3O4. The molecule has 7 nitrogen and oxygen atoms in total. The Hall–Kier alpha value is -3.22. The molecule has 7 heteroatoms. The molecule has 1 saturated heterocycles. The number of fused-ring (bicyclic) bond motifs is 3. The minimum absolute atomic E-state index is 0.0116. The van der Waals surface area contributed by atoms with Crippen LogP contribution in [0.5, 0.6) is 0 Å². The summed E-state index contributed by atoms with van der Waals surface area (Å²) in [5.74, 6) is 0.0380. The summed E-state index contributed by atoms with van der Waals surface area (Å²) in [6.45, 7) is 0.910. The summed E-state index contributed by atoms with van der Waals surface area (Å²) in [5, 5.41) is 11.9. The van der Waals surface area contributed by atoms with Crippen LogP contribution in [0.3, 0.4) is 0 Å². The first-order valence-corrected chi connectivity index (χ1v) is 9.31. The first kappa shape index (κ1) is 18.2. The molecule has 2 unspecified atom stereocenters. The summed E-state index contributed by atoms with van der Waals surface area (Å²) in [5.41, 5.74) is 3.21. The number of nitrogens with zero attached hydrogens (tertiary/aromatic N) is 2. The molecule has 2 aliphatic rings. The Morgan fingerprint density at radius 1 is 1.25 bits per heavy atom. The van der Waals surface area contributed by atoms with Crippen LogP contribution in [0.15, 0.2) is 41.3 Å². The topological polar surface area (TPSA) is 99.6 Å². The molecule has 28 heavy (non-hydrogen) atoms. The Morgan fingerprint density at radius 2 is 2.07 bits per heavy atom. The van der Waals surface area contributed by atoms with Crippen LogP contribution in [0.4, 0.5) is 4.79 Å². The predicted octanol–water partition coefficient (Wildman–Crippen LogP) is 2.11. The SMILES string of the molecule is CNC(=O)c1cccc(-c2cc(=O)c3c(cn2)C2CN(C(=O)O)CC2CC3)c1. The number of nitrogens with one attached hydrogen (secondary N) is 1. The van der Waals surface area contributed by atoms with E-state index in [9.17, 15) is 19.5 Å². The lowest BCUT2D eigenvalue weighted by atomic mass is 9.78. The summed E-state index contributed by atoms with van der Waals surface area (Å²) in [7, 11) is 1.57. The monoisotopic (exact) mass is 379 g/mol. The number of aromatic nitrogens is 1. The summed E-state index contributed by atoms with van der Waals surface area (Å²) >= 11 is 0. The van der Waals surface area contributed by atoms with E-state index in [1.807, 2.05) is 6.07 Å². The third kappa shape index (κ3) is 3.13. The van der Waals surface area contributed by atoms with E-state index in [0.29, 0.717) is 36.3 Å². The number of carbonyl (C=O) groups is 2. The molecule has 4 rings (SSSR count). The zero-order valence-electron chi connectivity index (χ0n) is 15.5. The van der Waals surface area contributed by atoms with Crippen molar-refractivity contribution in [2.75, 3.05) is 20.1 Å². The smallest absolute Gasteiger partial charge is 0.407 e. The van der Waals surface area contributed by atoms with Gasteiger partial charge in [-0.2, -0.15) is 0 Å². The summed E-state index contributed by atoms with van der Waals surface area (Å²) in [6, 6.07) is 8.52. The van der Waals surface area contributed by atoms with Crippen molar-refractivity contribution in [3.05, 3.63) is 63.4 Å². The lowest BCUT2D eigenvalue weighted by Gasteiger charge is -2.24. The Kier molecular flexibility index (Phi) is 4.58. The van der Waals surface area contributed by atoms with Crippen molar-refractivity contribution < 1.29 is 14.7 Å². The molecular weight excluding hydrogens is 358 g/mol. The van der Waals surface area contributed by atoms with Crippen molar-refractivity contribution in [2.45, 2.75) is 18.8 Å². The van der Waals surface area contributed by atoms with Crippen LogP contribution in [0.2, 0.25) is 0 Å². The fraction of sp³-hybridized carbons (Fsp3) is 0.333. The van der Waals surface area contributed by atoms with E-state index in [2.05, 4.69) is 10.3 Å². The van der Waals surface area contributed by atoms with Crippen LogP contribution >= 0.6 is 0 Å². The van der Waals surface area contributed by atoms with Crippen molar-refractivity contribution in [3.8, 4) is 11.3 Å². The number of likely N-dealkylation sites (tertiary alicyclic amines) is 1. The van der Waals surface area contributed by atoms with Gasteiger partial charge in [0.05, 0.1) is 5.69 Å². The van der Waals surface area contributed by atoms with Crippen LogP contribution in [0.25, 0.3) is 11.3 Å². The van der Waals surface area contributed by atoms with Crippen molar-refractivity contribution in [1.29, 1.82) is 0 Å². The van der Waals surface area contributed by atoms with E-state index < -0.39 is 6.09 Å². The number of carboxylic acid groups (broad SMARTS) is 1. The minimum Gasteiger partial charge on any atom is -0.465 e. The number of carbonyl (C=O) groups excluding carboxylic acids is 1. The van der Waals surface area contributed by atoms with Gasteiger partial charge in [-0.05, 0) is 36.5 Å². The zero-order chi connectivity index (χ0) is 19.8. The normalized spacial score (nSPS) is 20.2. The molecule has 2 aromatic rings. The average molecular weight is 379 g/mol. The van der Waals surface area contributed by atoms with Gasteiger partial charge in [0, 0.05) is 55.0 Å².